The van der Waals surface area contributed by atoms with Crippen molar-refractivity contribution in [1.82, 2.24) is 14.5 Å². The summed E-state index contributed by atoms with van der Waals surface area (Å²) in [7, 11) is -3.92. The number of nitrogens with zero attached hydrogens (tertiary/aromatic N) is 2. The Labute approximate surface area is 208 Å². The van der Waals surface area contributed by atoms with Crippen LogP contribution in [-0.4, -0.2) is 54.0 Å². The minimum absolute atomic E-state index is 0.0110. The SMILES string of the molecule is CC(C)NC(=O)[C@@H](C)N(Cc1cccc(Br)c1)C(=O)CCCN1C(=O)c2ccccc2S1(=O)=O. The van der Waals surface area contributed by atoms with Gasteiger partial charge in [-0.3, -0.25) is 14.4 Å². The molecule has 0 aliphatic carbocycles. The molecule has 1 atom stereocenters. The molecule has 34 heavy (non-hydrogen) atoms. The molecule has 1 N–H and O–H groups in total. The molecule has 2 aromatic rings. The van der Waals surface area contributed by atoms with E-state index in [1.807, 2.05) is 38.1 Å². The predicted octanol–water partition coefficient (Wildman–Crippen LogP) is 3.32. The van der Waals surface area contributed by atoms with Crippen LogP contribution in [0.5, 0.6) is 0 Å². The first-order valence-corrected chi connectivity index (χ1v) is 13.3. The van der Waals surface area contributed by atoms with Crippen LogP contribution in [0.1, 0.15) is 49.5 Å². The van der Waals surface area contributed by atoms with E-state index in [-0.39, 0.29) is 54.2 Å². The van der Waals surface area contributed by atoms with Crippen LogP contribution in [0.25, 0.3) is 0 Å². The number of rotatable bonds is 9. The third-order valence-electron chi connectivity index (χ3n) is 5.50. The molecular weight excluding hydrogens is 522 g/mol. The normalized spacial score (nSPS) is 15.2. The monoisotopic (exact) mass is 549 g/mol. The summed E-state index contributed by atoms with van der Waals surface area (Å²) < 4.78 is 27.1. The second-order valence-corrected chi connectivity index (χ2v) is 11.2. The van der Waals surface area contributed by atoms with Gasteiger partial charge >= 0.3 is 0 Å². The number of benzene rings is 2. The average molecular weight is 550 g/mol. The highest BCUT2D eigenvalue weighted by Crippen LogP contribution is 2.30. The van der Waals surface area contributed by atoms with Crippen LogP contribution in [0, 0.1) is 0 Å². The van der Waals surface area contributed by atoms with Gasteiger partial charge in [0.2, 0.25) is 11.8 Å². The number of amides is 3. The molecule has 1 heterocycles. The standard InChI is InChI=1S/C24H28BrN3O5S/c1-16(2)26-23(30)17(3)27(15-18-8-6-9-19(25)14-18)22(29)12-7-13-28-24(31)20-10-4-5-11-21(20)34(28,32)33/h4-6,8-11,14,16-17H,7,12-13,15H2,1-3H3,(H,26,30)/t17-/m1/s1. The van der Waals surface area contributed by atoms with E-state index in [9.17, 15) is 22.8 Å². The maximum Gasteiger partial charge on any atom is 0.269 e. The van der Waals surface area contributed by atoms with Crippen molar-refractivity contribution in [1.29, 1.82) is 0 Å². The molecule has 0 fully saturated rings. The lowest BCUT2D eigenvalue weighted by atomic mass is 10.1. The van der Waals surface area contributed by atoms with Crippen LogP contribution in [0.15, 0.2) is 57.9 Å². The van der Waals surface area contributed by atoms with Crippen molar-refractivity contribution in [2.45, 2.75) is 57.1 Å². The Bertz CT molecular complexity index is 1200. The summed E-state index contributed by atoms with van der Waals surface area (Å²) in [6, 6.07) is 12.7. The fourth-order valence-corrected chi connectivity index (χ4v) is 5.84. The summed E-state index contributed by atoms with van der Waals surface area (Å²) in [4.78, 5) is 39.9. The Balaban J connectivity index is 1.71. The zero-order valence-corrected chi connectivity index (χ0v) is 21.7. The smallest absolute Gasteiger partial charge is 0.269 e. The van der Waals surface area contributed by atoms with E-state index in [1.54, 1.807) is 19.1 Å². The van der Waals surface area contributed by atoms with Gasteiger partial charge in [-0.05, 0) is 57.0 Å². The van der Waals surface area contributed by atoms with Crippen molar-refractivity contribution in [3.05, 3.63) is 64.1 Å². The fourth-order valence-electron chi connectivity index (χ4n) is 3.79. The van der Waals surface area contributed by atoms with E-state index in [1.165, 1.54) is 17.0 Å². The summed E-state index contributed by atoms with van der Waals surface area (Å²) in [6.45, 7) is 5.46. The van der Waals surface area contributed by atoms with Gasteiger partial charge < -0.3 is 10.2 Å². The number of carbonyl (C=O) groups is 3. The zero-order valence-electron chi connectivity index (χ0n) is 19.3. The molecule has 0 bridgehead atoms. The highest BCUT2D eigenvalue weighted by molar-refractivity contribution is 9.10. The van der Waals surface area contributed by atoms with Gasteiger partial charge in [0.1, 0.15) is 10.9 Å². The number of fused-ring (bicyclic) bond motifs is 1. The topological polar surface area (TPSA) is 104 Å². The number of carbonyl (C=O) groups excluding carboxylic acids is 3. The van der Waals surface area contributed by atoms with Gasteiger partial charge in [0, 0.05) is 30.0 Å². The Morgan fingerprint density at radius 1 is 1.09 bits per heavy atom. The van der Waals surface area contributed by atoms with Gasteiger partial charge in [0.25, 0.3) is 15.9 Å². The van der Waals surface area contributed by atoms with Gasteiger partial charge in [-0.2, -0.15) is 0 Å². The van der Waals surface area contributed by atoms with Crippen LogP contribution >= 0.6 is 15.9 Å². The van der Waals surface area contributed by atoms with E-state index in [2.05, 4.69) is 21.2 Å². The highest BCUT2D eigenvalue weighted by Gasteiger charge is 2.40. The van der Waals surface area contributed by atoms with Crippen molar-refractivity contribution >= 4 is 43.7 Å². The van der Waals surface area contributed by atoms with E-state index in [4.69, 9.17) is 0 Å². The summed E-state index contributed by atoms with van der Waals surface area (Å²) in [5.74, 6) is -1.15. The first kappa shape index (κ1) is 25.9. The van der Waals surface area contributed by atoms with E-state index in [0.29, 0.717) is 0 Å². The Morgan fingerprint density at radius 2 is 1.79 bits per heavy atom. The lowest BCUT2D eigenvalue weighted by molar-refractivity contribution is -0.140. The van der Waals surface area contributed by atoms with Crippen LogP contribution in [0.4, 0.5) is 0 Å². The quantitative estimate of drug-likeness (QED) is 0.516. The summed E-state index contributed by atoms with van der Waals surface area (Å²) in [5, 5.41) is 2.83. The van der Waals surface area contributed by atoms with Crippen LogP contribution in [-0.2, 0) is 26.2 Å². The summed E-state index contributed by atoms with van der Waals surface area (Å²) in [5.41, 5.74) is 0.990. The van der Waals surface area contributed by atoms with Crippen molar-refractivity contribution in [2.24, 2.45) is 0 Å². The van der Waals surface area contributed by atoms with Gasteiger partial charge in [-0.15, -0.1) is 0 Å². The average Bonchev–Trinajstić information content (AvgIpc) is 2.97. The molecule has 1 aliphatic heterocycles. The van der Waals surface area contributed by atoms with Gasteiger partial charge in [-0.25, -0.2) is 12.7 Å². The molecule has 0 unspecified atom stereocenters. The first-order valence-electron chi connectivity index (χ1n) is 11.0. The number of hydrogen-bond donors (Lipinski definition) is 1. The summed E-state index contributed by atoms with van der Waals surface area (Å²) >= 11 is 3.42. The maximum absolute atomic E-state index is 13.2. The number of nitrogens with one attached hydrogen (secondary N) is 1. The molecule has 0 saturated carbocycles. The fraction of sp³-hybridized carbons (Fsp3) is 0.375. The van der Waals surface area contributed by atoms with Gasteiger partial charge in [0.05, 0.1) is 5.56 Å². The molecule has 1 aliphatic rings. The lowest BCUT2D eigenvalue weighted by Crippen LogP contribution is -2.49. The van der Waals surface area contributed by atoms with E-state index >= 15 is 0 Å². The zero-order chi connectivity index (χ0) is 25.0. The van der Waals surface area contributed by atoms with E-state index < -0.39 is 22.0 Å². The third kappa shape index (κ3) is 5.67. The molecule has 0 saturated heterocycles. The molecule has 0 aromatic heterocycles. The number of halogens is 1. The largest absolute Gasteiger partial charge is 0.352 e. The molecule has 0 radical (unpaired) electrons. The number of sulfonamides is 1. The van der Waals surface area contributed by atoms with Crippen LogP contribution < -0.4 is 5.32 Å². The van der Waals surface area contributed by atoms with Crippen molar-refractivity contribution in [3.63, 3.8) is 0 Å². The predicted molar refractivity (Wildman–Crippen MR) is 131 cm³/mol. The van der Waals surface area contributed by atoms with Gasteiger partial charge in [-0.1, -0.05) is 40.2 Å². The molecule has 0 spiro atoms. The first-order chi connectivity index (χ1) is 16.0. The van der Waals surface area contributed by atoms with E-state index in [0.717, 1.165) is 14.3 Å². The second-order valence-electron chi connectivity index (χ2n) is 8.47. The Hall–Kier alpha value is -2.72. The maximum atomic E-state index is 13.2. The van der Waals surface area contributed by atoms with Gasteiger partial charge in [0.15, 0.2) is 0 Å². The lowest BCUT2D eigenvalue weighted by Gasteiger charge is -2.29. The molecule has 182 valence electrons. The Morgan fingerprint density at radius 3 is 2.44 bits per heavy atom. The molecule has 3 rings (SSSR count). The minimum atomic E-state index is -3.92. The highest BCUT2D eigenvalue weighted by atomic mass is 79.9. The second kappa shape index (κ2) is 10.7. The number of hydrogen-bond acceptors (Lipinski definition) is 5. The van der Waals surface area contributed by atoms with Crippen molar-refractivity contribution < 1.29 is 22.8 Å². The third-order valence-corrected chi connectivity index (χ3v) is 7.84. The van der Waals surface area contributed by atoms with Crippen LogP contribution in [0.2, 0.25) is 0 Å². The van der Waals surface area contributed by atoms with Crippen molar-refractivity contribution in [2.75, 3.05) is 6.54 Å². The van der Waals surface area contributed by atoms with Crippen LogP contribution in [0.3, 0.4) is 0 Å². The molecule has 2 aromatic carbocycles. The summed E-state index contributed by atoms with van der Waals surface area (Å²) in [6.07, 6.45) is 0.133. The Kier molecular flexibility index (Phi) is 8.14. The minimum Gasteiger partial charge on any atom is -0.352 e. The van der Waals surface area contributed by atoms with Crippen molar-refractivity contribution in [3.8, 4) is 0 Å². The molecular formula is C24H28BrN3O5S. The molecule has 3 amide bonds. The molecule has 8 nitrogen and oxygen atoms in total. The molecule has 10 heteroatoms.